The molecule has 0 aliphatic carbocycles. The minimum absolute atomic E-state index is 1.12. The Balaban J connectivity index is 1.93. The van der Waals surface area contributed by atoms with Crippen LogP contribution in [-0.4, -0.2) is 29.0 Å². The molecule has 0 spiro atoms. The van der Waals surface area contributed by atoms with Gasteiger partial charge in [0.2, 0.25) is 5.13 Å². The van der Waals surface area contributed by atoms with Gasteiger partial charge in [-0.3, -0.25) is 0 Å². The molecule has 2 heterocycles. The predicted molar refractivity (Wildman–Crippen MR) is 67.0 cm³/mol. The van der Waals surface area contributed by atoms with Gasteiger partial charge in [0, 0.05) is 18.8 Å². The number of hydrogen-bond donors (Lipinski definition) is 0. The van der Waals surface area contributed by atoms with Gasteiger partial charge < -0.3 is 4.90 Å². The highest BCUT2D eigenvalue weighted by Crippen LogP contribution is 2.29. The molecule has 84 valence electrons. The molecular formula is C10H17N3S2. The van der Waals surface area contributed by atoms with E-state index in [-0.39, 0.29) is 0 Å². The van der Waals surface area contributed by atoms with Crippen LogP contribution in [0.2, 0.25) is 0 Å². The quantitative estimate of drug-likeness (QED) is 0.760. The molecule has 0 aromatic carbocycles. The van der Waals surface area contributed by atoms with Gasteiger partial charge in [-0.25, -0.2) is 0 Å². The molecule has 1 aromatic heterocycles. The standard InChI is InChI=1S/C10H17N3S2/c1-2-8-14-10-12-11-9(15-10)13-6-4-3-5-7-13/h2-8H2,1H3. The van der Waals surface area contributed by atoms with Crippen molar-refractivity contribution < 1.29 is 0 Å². The zero-order chi connectivity index (χ0) is 10.5. The van der Waals surface area contributed by atoms with Gasteiger partial charge in [-0.1, -0.05) is 30.0 Å². The highest BCUT2D eigenvalue weighted by atomic mass is 32.2. The molecule has 0 unspecified atom stereocenters. The largest absolute Gasteiger partial charge is 0.347 e. The molecule has 1 aliphatic heterocycles. The Morgan fingerprint density at radius 1 is 1.27 bits per heavy atom. The molecule has 1 saturated heterocycles. The zero-order valence-electron chi connectivity index (χ0n) is 9.11. The summed E-state index contributed by atoms with van der Waals surface area (Å²) in [7, 11) is 0. The summed E-state index contributed by atoms with van der Waals surface area (Å²) in [5.41, 5.74) is 0. The van der Waals surface area contributed by atoms with Crippen LogP contribution in [0.3, 0.4) is 0 Å². The summed E-state index contributed by atoms with van der Waals surface area (Å²) in [5.74, 6) is 1.15. The van der Waals surface area contributed by atoms with E-state index < -0.39 is 0 Å². The first-order valence-electron chi connectivity index (χ1n) is 5.61. The highest BCUT2D eigenvalue weighted by molar-refractivity contribution is 8.01. The Morgan fingerprint density at radius 2 is 2.07 bits per heavy atom. The van der Waals surface area contributed by atoms with Crippen molar-refractivity contribution in [3.05, 3.63) is 0 Å². The van der Waals surface area contributed by atoms with E-state index in [2.05, 4.69) is 22.0 Å². The third kappa shape index (κ3) is 3.08. The lowest BCUT2D eigenvalue weighted by Crippen LogP contribution is -2.29. The summed E-state index contributed by atoms with van der Waals surface area (Å²) in [6.07, 6.45) is 5.17. The van der Waals surface area contributed by atoms with Crippen LogP contribution < -0.4 is 4.90 Å². The first kappa shape index (κ1) is 11.2. The fourth-order valence-corrected chi connectivity index (χ4v) is 3.48. The molecule has 0 bridgehead atoms. The fraction of sp³-hybridized carbons (Fsp3) is 0.800. The molecule has 0 amide bonds. The lowest BCUT2D eigenvalue weighted by molar-refractivity contribution is 0.575. The van der Waals surface area contributed by atoms with Crippen LogP contribution in [0, 0.1) is 0 Å². The first-order chi connectivity index (χ1) is 7.40. The van der Waals surface area contributed by atoms with Crippen molar-refractivity contribution in [1.82, 2.24) is 10.2 Å². The van der Waals surface area contributed by atoms with E-state index in [0.29, 0.717) is 0 Å². The summed E-state index contributed by atoms with van der Waals surface area (Å²) in [6.45, 7) is 4.51. The van der Waals surface area contributed by atoms with Gasteiger partial charge in [0.1, 0.15) is 0 Å². The van der Waals surface area contributed by atoms with Crippen LogP contribution in [0.4, 0.5) is 5.13 Å². The van der Waals surface area contributed by atoms with Crippen LogP contribution in [0.5, 0.6) is 0 Å². The second-order valence-electron chi connectivity index (χ2n) is 3.75. The molecule has 0 atom stereocenters. The lowest BCUT2D eigenvalue weighted by atomic mass is 10.1. The third-order valence-electron chi connectivity index (χ3n) is 2.45. The van der Waals surface area contributed by atoms with Gasteiger partial charge in [0.25, 0.3) is 0 Å². The van der Waals surface area contributed by atoms with Crippen molar-refractivity contribution >= 4 is 28.2 Å². The summed E-state index contributed by atoms with van der Waals surface area (Å²) < 4.78 is 1.12. The Morgan fingerprint density at radius 3 is 2.80 bits per heavy atom. The molecule has 1 fully saturated rings. The number of aromatic nitrogens is 2. The van der Waals surface area contributed by atoms with E-state index >= 15 is 0 Å². The van der Waals surface area contributed by atoms with E-state index in [1.54, 1.807) is 11.3 Å². The van der Waals surface area contributed by atoms with E-state index in [1.807, 2.05) is 11.8 Å². The minimum Gasteiger partial charge on any atom is -0.347 e. The molecule has 0 N–H and O–H groups in total. The summed E-state index contributed by atoms with van der Waals surface area (Å²) >= 11 is 3.57. The summed E-state index contributed by atoms with van der Waals surface area (Å²) in [4.78, 5) is 2.37. The Hall–Kier alpha value is -0.290. The molecular weight excluding hydrogens is 226 g/mol. The van der Waals surface area contributed by atoms with Gasteiger partial charge in [-0.2, -0.15) is 0 Å². The van der Waals surface area contributed by atoms with Gasteiger partial charge in [-0.15, -0.1) is 10.2 Å². The van der Waals surface area contributed by atoms with E-state index in [4.69, 9.17) is 0 Å². The fourth-order valence-electron chi connectivity index (χ4n) is 1.66. The Bertz CT molecular complexity index is 295. The Labute approximate surface area is 99.3 Å². The molecule has 15 heavy (non-hydrogen) atoms. The molecule has 1 aliphatic rings. The zero-order valence-corrected chi connectivity index (χ0v) is 10.7. The SMILES string of the molecule is CCCSc1nnc(N2CCCCC2)s1. The minimum atomic E-state index is 1.12. The molecule has 5 heteroatoms. The number of nitrogens with zero attached hydrogens (tertiary/aromatic N) is 3. The monoisotopic (exact) mass is 243 g/mol. The average Bonchev–Trinajstić information content (AvgIpc) is 2.76. The van der Waals surface area contributed by atoms with Crippen molar-refractivity contribution in [1.29, 1.82) is 0 Å². The van der Waals surface area contributed by atoms with Crippen LogP contribution in [0.25, 0.3) is 0 Å². The van der Waals surface area contributed by atoms with E-state index in [1.165, 1.54) is 25.7 Å². The highest BCUT2D eigenvalue weighted by Gasteiger charge is 2.15. The maximum absolute atomic E-state index is 4.27. The van der Waals surface area contributed by atoms with Crippen LogP contribution in [-0.2, 0) is 0 Å². The van der Waals surface area contributed by atoms with Crippen molar-refractivity contribution in [2.45, 2.75) is 36.9 Å². The van der Waals surface area contributed by atoms with Crippen LogP contribution in [0.1, 0.15) is 32.6 Å². The summed E-state index contributed by atoms with van der Waals surface area (Å²) in [5, 5.41) is 9.60. The van der Waals surface area contributed by atoms with E-state index in [0.717, 1.165) is 28.3 Å². The molecule has 3 nitrogen and oxygen atoms in total. The van der Waals surface area contributed by atoms with Crippen molar-refractivity contribution in [3.8, 4) is 0 Å². The number of thioether (sulfide) groups is 1. The number of rotatable bonds is 4. The van der Waals surface area contributed by atoms with Crippen LogP contribution >= 0.6 is 23.1 Å². The smallest absolute Gasteiger partial charge is 0.209 e. The molecule has 1 aromatic rings. The van der Waals surface area contributed by atoms with E-state index in [9.17, 15) is 0 Å². The molecule has 2 rings (SSSR count). The van der Waals surface area contributed by atoms with Gasteiger partial charge >= 0.3 is 0 Å². The molecule has 0 saturated carbocycles. The topological polar surface area (TPSA) is 29.0 Å². The predicted octanol–water partition coefficient (Wildman–Crippen LogP) is 3.03. The van der Waals surface area contributed by atoms with Gasteiger partial charge in [-0.05, 0) is 25.7 Å². The Kier molecular flexibility index (Phi) is 4.26. The second-order valence-corrected chi connectivity index (χ2v) is 6.04. The maximum Gasteiger partial charge on any atom is 0.209 e. The second kappa shape index (κ2) is 5.70. The number of anilines is 1. The third-order valence-corrected chi connectivity index (χ3v) is 4.78. The number of piperidine rings is 1. The van der Waals surface area contributed by atoms with Gasteiger partial charge in [0.15, 0.2) is 4.34 Å². The molecule has 0 radical (unpaired) electrons. The average molecular weight is 243 g/mol. The van der Waals surface area contributed by atoms with Crippen molar-refractivity contribution in [2.75, 3.05) is 23.7 Å². The number of hydrogen-bond acceptors (Lipinski definition) is 5. The van der Waals surface area contributed by atoms with Crippen molar-refractivity contribution in [3.63, 3.8) is 0 Å². The van der Waals surface area contributed by atoms with Crippen molar-refractivity contribution in [2.24, 2.45) is 0 Å². The summed E-state index contributed by atoms with van der Waals surface area (Å²) in [6, 6.07) is 0. The van der Waals surface area contributed by atoms with Gasteiger partial charge in [0.05, 0.1) is 0 Å². The first-order valence-corrected chi connectivity index (χ1v) is 7.41. The maximum atomic E-state index is 4.27. The lowest BCUT2D eigenvalue weighted by Gasteiger charge is -2.25. The van der Waals surface area contributed by atoms with Crippen LogP contribution in [0.15, 0.2) is 4.34 Å². The normalized spacial score (nSPS) is 17.0.